The molecule has 8 heteroatoms. The molecule has 1 atom stereocenters. The summed E-state index contributed by atoms with van der Waals surface area (Å²) >= 11 is 3.44. The molecule has 1 aromatic heterocycles. The van der Waals surface area contributed by atoms with Crippen LogP contribution >= 0.6 is 15.9 Å². The van der Waals surface area contributed by atoms with Crippen molar-refractivity contribution < 1.29 is 9.59 Å². The normalized spacial score (nSPS) is 20.2. The van der Waals surface area contributed by atoms with Crippen LogP contribution in [0.15, 0.2) is 28.7 Å². The number of hydrogen-bond donors (Lipinski definition) is 1. The van der Waals surface area contributed by atoms with E-state index in [1.165, 1.54) is 0 Å². The van der Waals surface area contributed by atoms with Gasteiger partial charge in [-0.3, -0.25) is 14.7 Å². The van der Waals surface area contributed by atoms with Crippen molar-refractivity contribution >= 4 is 39.1 Å². The molecule has 2 saturated heterocycles. The molecular formula is C20H24BrN5O2. The van der Waals surface area contributed by atoms with Crippen LogP contribution in [-0.2, 0) is 9.59 Å². The number of H-pyrrole nitrogens is 1. The van der Waals surface area contributed by atoms with Crippen LogP contribution in [0.25, 0.3) is 0 Å². The third-order valence-corrected chi connectivity index (χ3v) is 6.08. The highest BCUT2D eigenvalue weighted by Gasteiger charge is 2.38. The number of aromatic nitrogens is 2. The van der Waals surface area contributed by atoms with Crippen LogP contribution in [0.1, 0.15) is 17.8 Å². The largest absolute Gasteiger partial charge is 0.365 e. The Bertz CT molecular complexity index is 884. The Balaban J connectivity index is 1.39. The standard InChI is InChI=1S/C20H24BrN5O2/c1-13-19(14(2)23-22-13)24-6-8-25(9-7-24)20(28)15-10-18(27)26(12-15)17-5-3-4-16(21)11-17/h3-5,11,15H,6-10,12H2,1-2H3,(H,22,23). The number of anilines is 2. The van der Waals surface area contributed by atoms with Crippen LogP contribution in [0.2, 0.25) is 0 Å². The zero-order valence-corrected chi connectivity index (χ0v) is 17.7. The second kappa shape index (κ2) is 7.58. The maximum absolute atomic E-state index is 13.0. The van der Waals surface area contributed by atoms with Crippen LogP contribution in [-0.4, -0.2) is 59.6 Å². The van der Waals surface area contributed by atoms with Crippen LogP contribution in [0.4, 0.5) is 11.4 Å². The highest BCUT2D eigenvalue weighted by molar-refractivity contribution is 9.10. The van der Waals surface area contributed by atoms with E-state index in [1.807, 2.05) is 43.0 Å². The van der Waals surface area contributed by atoms with Gasteiger partial charge in [-0.25, -0.2) is 0 Å². The average molecular weight is 446 g/mol. The van der Waals surface area contributed by atoms with E-state index in [-0.39, 0.29) is 24.2 Å². The van der Waals surface area contributed by atoms with Crippen molar-refractivity contribution in [3.63, 3.8) is 0 Å². The minimum Gasteiger partial charge on any atom is -0.365 e. The molecule has 1 N–H and O–H groups in total. The lowest BCUT2D eigenvalue weighted by Gasteiger charge is -2.37. The summed E-state index contributed by atoms with van der Waals surface area (Å²) in [5, 5.41) is 7.29. The Morgan fingerprint density at radius 3 is 2.61 bits per heavy atom. The van der Waals surface area contributed by atoms with E-state index in [2.05, 4.69) is 31.0 Å². The topological polar surface area (TPSA) is 72.5 Å². The predicted octanol–water partition coefficient (Wildman–Crippen LogP) is 2.49. The van der Waals surface area contributed by atoms with E-state index in [0.29, 0.717) is 19.6 Å². The maximum Gasteiger partial charge on any atom is 0.228 e. The van der Waals surface area contributed by atoms with Crippen LogP contribution < -0.4 is 9.80 Å². The molecule has 2 aromatic rings. The number of aromatic amines is 1. The Morgan fingerprint density at radius 1 is 1.21 bits per heavy atom. The number of rotatable bonds is 3. The van der Waals surface area contributed by atoms with Gasteiger partial charge in [-0.05, 0) is 32.0 Å². The van der Waals surface area contributed by atoms with Crippen LogP contribution in [0.3, 0.4) is 0 Å². The van der Waals surface area contributed by atoms with Crippen molar-refractivity contribution in [1.82, 2.24) is 15.1 Å². The number of halogens is 1. The number of carbonyl (C=O) groups excluding carboxylic acids is 2. The lowest BCUT2D eigenvalue weighted by Crippen LogP contribution is -2.51. The Hall–Kier alpha value is -2.35. The first kappa shape index (κ1) is 19.0. The van der Waals surface area contributed by atoms with E-state index in [4.69, 9.17) is 0 Å². The number of benzene rings is 1. The molecule has 2 amide bonds. The minimum absolute atomic E-state index is 0.0136. The lowest BCUT2D eigenvalue weighted by molar-refractivity contribution is -0.136. The maximum atomic E-state index is 13.0. The molecule has 0 saturated carbocycles. The molecule has 1 unspecified atom stereocenters. The van der Waals surface area contributed by atoms with Gasteiger partial charge >= 0.3 is 0 Å². The van der Waals surface area contributed by atoms with Gasteiger partial charge in [-0.15, -0.1) is 0 Å². The van der Waals surface area contributed by atoms with E-state index in [9.17, 15) is 9.59 Å². The second-order valence-corrected chi connectivity index (χ2v) is 8.40. The van der Waals surface area contributed by atoms with E-state index >= 15 is 0 Å². The van der Waals surface area contributed by atoms with Crippen molar-refractivity contribution in [3.8, 4) is 0 Å². The highest BCUT2D eigenvalue weighted by atomic mass is 79.9. The van der Waals surface area contributed by atoms with E-state index in [0.717, 1.165) is 40.3 Å². The third-order valence-electron chi connectivity index (χ3n) is 5.59. The van der Waals surface area contributed by atoms with Gasteiger partial charge in [0.05, 0.1) is 23.0 Å². The molecule has 0 bridgehead atoms. The lowest BCUT2D eigenvalue weighted by atomic mass is 10.1. The first-order valence-electron chi connectivity index (χ1n) is 9.55. The van der Waals surface area contributed by atoms with Gasteiger partial charge < -0.3 is 14.7 Å². The highest BCUT2D eigenvalue weighted by Crippen LogP contribution is 2.29. The number of carbonyl (C=O) groups is 2. The Labute approximate surface area is 172 Å². The van der Waals surface area contributed by atoms with Crippen molar-refractivity contribution in [2.75, 3.05) is 42.5 Å². The van der Waals surface area contributed by atoms with E-state index in [1.54, 1.807) is 4.90 Å². The molecule has 4 rings (SSSR count). The number of nitrogens with one attached hydrogen (secondary N) is 1. The van der Waals surface area contributed by atoms with Gasteiger partial charge in [0, 0.05) is 49.3 Å². The fraction of sp³-hybridized carbons (Fsp3) is 0.450. The van der Waals surface area contributed by atoms with Gasteiger partial charge in [-0.1, -0.05) is 22.0 Å². The zero-order valence-electron chi connectivity index (χ0n) is 16.1. The quantitative estimate of drug-likeness (QED) is 0.787. The summed E-state index contributed by atoms with van der Waals surface area (Å²) in [5.74, 6) is -0.165. The molecule has 28 heavy (non-hydrogen) atoms. The SMILES string of the molecule is Cc1n[nH]c(C)c1N1CCN(C(=O)C2CC(=O)N(c3cccc(Br)c3)C2)CC1. The summed E-state index contributed by atoms with van der Waals surface area (Å²) in [7, 11) is 0. The van der Waals surface area contributed by atoms with Crippen molar-refractivity contribution in [2.45, 2.75) is 20.3 Å². The number of piperazine rings is 1. The van der Waals surface area contributed by atoms with Crippen LogP contribution in [0, 0.1) is 19.8 Å². The molecule has 2 fully saturated rings. The van der Waals surface area contributed by atoms with Gasteiger partial charge in [0.2, 0.25) is 11.8 Å². The zero-order chi connectivity index (χ0) is 19.8. The smallest absolute Gasteiger partial charge is 0.228 e. The molecule has 7 nitrogen and oxygen atoms in total. The molecule has 148 valence electrons. The van der Waals surface area contributed by atoms with Crippen molar-refractivity contribution in [2.24, 2.45) is 5.92 Å². The Morgan fingerprint density at radius 2 is 1.96 bits per heavy atom. The summed E-state index contributed by atoms with van der Waals surface area (Å²) in [5.41, 5.74) is 4.03. The molecular weight excluding hydrogens is 422 g/mol. The average Bonchev–Trinajstić information content (AvgIpc) is 3.23. The molecule has 0 aliphatic carbocycles. The van der Waals surface area contributed by atoms with E-state index < -0.39 is 0 Å². The first-order valence-corrected chi connectivity index (χ1v) is 10.3. The number of aryl methyl sites for hydroxylation is 2. The van der Waals surface area contributed by atoms with Gasteiger partial charge in [-0.2, -0.15) is 5.10 Å². The van der Waals surface area contributed by atoms with Gasteiger partial charge in [0.25, 0.3) is 0 Å². The first-order chi connectivity index (χ1) is 13.4. The molecule has 0 spiro atoms. The summed E-state index contributed by atoms with van der Waals surface area (Å²) in [6.45, 7) is 7.37. The number of hydrogen-bond acceptors (Lipinski definition) is 4. The fourth-order valence-electron chi connectivity index (χ4n) is 4.19. The second-order valence-electron chi connectivity index (χ2n) is 7.48. The predicted molar refractivity (Wildman–Crippen MR) is 111 cm³/mol. The van der Waals surface area contributed by atoms with Crippen LogP contribution in [0.5, 0.6) is 0 Å². The van der Waals surface area contributed by atoms with Crippen molar-refractivity contribution in [3.05, 3.63) is 40.1 Å². The summed E-state index contributed by atoms with van der Waals surface area (Å²) in [6.07, 6.45) is 0.283. The van der Waals surface area contributed by atoms with Crippen molar-refractivity contribution in [1.29, 1.82) is 0 Å². The Kier molecular flexibility index (Phi) is 5.14. The molecule has 0 radical (unpaired) electrons. The molecule has 2 aliphatic heterocycles. The minimum atomic E-state index is -0.268. The number of nitrogens with zero attached hydrogens (tertiary/aromatic N) is 4. The molecule has 3 heterocycles. The fourth-order valence-corrected chi connectivity index (χ4v) is 4.57. The molecule has 1 aromatic carbocycles. The van der Waals surface area contributed by atoms with Gasteiger partial charge in [0.1, 0.15) is 0 Å². The summed E-state index contributed by atoms with van der Waals surface area (Å²) in [6, 6.07) is 7.65. The monoisotopic (exact) mass is 445 g/mol. The molecule has 2 aliphatic rings. The summed E-state index contributed by atoms with van der Waals surface area (Å²) in [4.78, 5) is 31.4. The van der Waals surface area contributed by atoms with Gasteiger partial charge in [0.15, 0.2) is 0 Å². The summed E-state index contributed by atoms with van der Waals surface area (Å²) < 4.78 is 0.925. The number of amides is 2. The third kappa shape index (κ3) is 3.53.